The first-order valence-electron chi connectivity index (χ1n) is 6.10. The SMILES string of the molecule is CCN(C(=O)c1sccc1C#CCCO)C(C)C. The Hall–Kier alpha value is -1.31. The number of hydrogen-bond acceptors (Lipinski definition) is 3. The van der Waals surface area contributed by atoms with Crippen molar-refractivity contribution >= 4 is 17.2 Å². The molecule has 1 N–H and O–H groups in total. The third kappa shape index (κ3) is 3.59. The third-order valence-corrected chi connectivity index (χ3v) is 3.45. The maximum absolute atomic E-state index is 12.4. The van der Waals surface area contributed by atoms with E-state index in [0.29, 0.717) is 17.8 Å². The van der Waals surface area contributed by atoms with Crippen LogP contribution in [0, 0.1) is 11.8 Å². The predicted octanol–water partition coefficient (Wildman–Crippen LogP) is 2.35. The molecule has 1 aromatic heterocycles. The van der Waals surface area contributed by atoms with Gasteiger partial charge in [0, 0.05) is 24.6 Å². The van der Waals surface area contributed by atoms with Gasteiger partial charge in [0.25, 0.3) is 5.91 Å². The molecule has 0 unspecified atom stereocenters. The Kier molecular flexibility index (Phi) is 5.90. The van der Waals surface area contributed by atoms with E-state index in [1.54, 1.807) is 0 Å². The molecule has 0 atom stereocenters. The maximum atomic E-state index is 12.4. The summed E-state index contributed by atoms with van der Waals surface area (Å²) in [6.07, 6.45) is 0.436. The average molecular weight is 265 g/mol. The molecular formula is C14H19NO2S. The molecule has 4 heteroatoms. The highest BCUT2D eigenvalue weighted by Gasteiger charge is 2.20. The Bertz CT molecular complexity index is 454. The smallest absolute Gasteiger partial charge is 0.265 e. The highest BCUT2D eigenvalue weighted by Crippen LogP contribution is 2.19. The highest BCUT2D eigenvalue weighted by molar-refractivity contribution is 7.12. The van der Waals surface area contributed by atoms with E-state index >= 15 is 0 Å². The van der Waals surface area contributed by atoms with E-state index in [0.717, 1.165) is 5.56 Å². The number of aliphatic hydroxyl groups excluding tert-OH is 1. The quantitative estimate of drug-likeness (QED) is 0.849. The maximum Gasteiger partial charge on any atom is 0.265 e. The van der Waals surface area contributed by atoms with E-state index in [1.807, 2.05) is 37.1 Å². The van der Waals surface area contributed by atoms with Gasteiger partial charge in [0.15, 0.2) is 0 Å². The lowest BCUT2D eigenvalue weighted by molar-refractivity contribution is 0.0721. The van der Waals surface area contributed by atoms with E-state index in [2.05, 4.69) is 11.8 Å². The van der Waals surface area contributed by atoms with Gasteiger partial charge < -0.3 is 10.0 Å². The van der Waals surface area contributed by atoms with Crippen molar-refractivity contribution in [3.8, 4) is 11.8 Å². The Morgan fingerprint density at radius 1 is 1.56 bits per heavy atom. The summed E-state index contributed by atoms with van der Waals surface area (Å²) in [7, 11) is 0. The van der Waals surface area contributed by atoms with Crippen LogP contribution in [0.2, 0.25) is 0 Å². The molecule has 0 saturated carbocycles. The zero-order valence-corrected chi connectivity index (χ0v) is 11.9. The molecule has 0 saturated heterocycles. The van der Waals surface area contributed by atoms with Crippen LogP contribution in [0.3, 0.4) is 0 Å². The minimum Gasteiger partial charge on any atom is -0.395 e. The van der Waals surface area contributed by atoms with Gasteiger partial charge >= 0.3 is 0 Å². The van der Waals surface area contributed by atoms with Crippen LogP contribution < -0.4 is 0 Å². The fraction of sp³-hybridized carbons (Fsp3) is 0.500. The fourth-order valence-corrected chi connectivity index (χ4v) is 2.46. The number of amides is 1. The molecular weight excluding hydrogens is 246 g/mol. The lowest BCUT2D eigenvalue weighted by Crippen LogP contribution is -2.36. The third-order valence-electron chi connectivity index (χ3n) is 2.54. The molecule has 18 heavy (non-hydrogen) atoms. The second-order valence-corrected chi connectivity index (χ2v) is 5.04. The first-order chi connectivity index (χ1) is 8.61. The number of aliphatic hydroxyl groups is 1. The van der Waals surface area contributed by atoms with Crippen LogP contribution in [0.25, 0.3) is 0 Å². The monoisotopic (exact) mass is 265 g/mol. The van der Waals surface area contributed by atoms with Crippen LogP contribution in [0.5, 0.6) is 0 Å². The van der Waals surface area contributed by atoms with Crippen LogP contribution in [-0.2, 0) is 0 Å². The number of nitrogens with zero attached hydrogens (tertiary/aromatic N) is 1. The van der Waals surface area contributed by atoms with Crippen LogP contribution >= 0.6 is 11.3 Å². The van der Waals surface area contributed by atoms with Crippen molar-refractivity contribution in [2.45, 2.75) is 33.2 Å². The van der Waals surface area contributed by atoms with Crippen molar-refractivity contribution in [2.75, 3.05) is 13.2 Å². The van der Waals surface area contributed by atoms with Crippen molar-refractivity contribution in [3.05, 3.63) is 21.9 Å². The largest absolute Gasteiger partial charge is 0.395 e. The summed E-state index contributed by atoms with van der Waals surface area (Å²) in [5.41, 5.74) is 0.762. The molecule has 0 fully saturated rings. The van der Waals surface area contributed by atoms with Gasteiger partial charge in [0.1, 0.15) is 4.88 Å². The Labute approximate surface area is 112 Å². The van der Waals surface area contributed by atoms with Crippen molar-refractivity contribution in [2.24, 2.45) is 0 Å². The van der Waals surface area contributed by atoms with Crippen molar-refractivity contribution < 1.29 is 9.90 Å². The van der Waals surface area contributed by atoms with Gasteiger partial charge in [-0.05, 0) is 32.2 Å². The van der Waals surface area contributed by atoms with E-state index < -0.39 is 0 Å². The minimum absolute atomic E-state index is 0.0378. The summed E-state index contributed by atoms with van der Waals surface area (Å²) in [6, 6.07) is 2.04. The topological polar surface area (TPSA) is 40.5 Å². The van der Waals surface area contributed by atoms with Gasteiger partial charge in [0.05, 0.1) is 6.61 Å². The molecule has 0 aliphatic rings. The summed E-state index contributed by atoms with van der Waals surface area (Å²) >= 11 is 1.42. The van der Waals surface area contributed by atoms with Crippen LogP contribution in [0.1, 0.15) is 42.4 Å². The zero-order chi connectivity index (χ0) is 13.5. The standard InChI is InChI=1S/C14H19NO2S/c1-4-15(11(2)3)14(17)13-12(8-10-18-13)7-5-6-9-16/h8,10-11,16H,4,6,9H2,1-3H3. The molecule has 0 radical (unpaired) electrons. The summed E-state index contributed by atoms with van der Waals surface area (Å²) in [6.45, 7) is 6.73. The van der Waals surface area contributed by atoms with Crippen molar-refractivity contribution in [1.82, 2.24) is 4.90 Å². The summed E-state index contributed by atoms with van der Waals surface area (Å²) in [5, 5.41) is 10.6. The van der Waals surface area contributed by atoms with Gasteiger partial charge in [-0.15, -0.1) is 11.3 Å². The van der Waals surface area contributed by atoms with E-state index in [4.69, 9.17) is 5.11 Å². The average Bonchev–Trinajstić information content (AvgIpc) is 2.78. The molecule has 0 aliphatic heterocycles. The second kappa shape index (κ2) is 7.20. The molecule has 3 nitrogen and oxygen atoms in total. The highest BCUT2D eigenvalue weighted by atomic mass is 32.1. The zero-order valence-electron chi connectivity index (χ0n) is 11.1. The van der Waals surface area contributed by atoms with Gasteiger partial charge in [0.2, 0.25) is 0 Å². The molecule has 1 aromatic rings. The first-order valence-corrected chi connectivity index (χ1v) is 6.98. The molecule has 1 amide bonds. The van der Waals surface area contributed by atoms with E-state index in [9.17, 15) is 4.79 Å². The number of rotatable bonds is 4. The lowest BCUT2D eigenvalue weighted by atomic mass is 10.2. The number of carbonyl (C=O) groups is 1. The Balaban J connectivity index is 2.94. The normalized spacial score (nSPS) is 10.1. The summed E-state index contributed by atoms with van der Waals surface area (Å²) < 4.78 is 0. The molecule has 1 rings (SSSR count). The van der Waals surface area contributed by atoms with Gasteiger partial charge in [-0.2, -0.15) is 0 Å². The first kappa shape index (κ1) is 14.7. The van der Waals surface area contributed by atoms with Crippen molar-refractivity contribution in [1.29, 1.82) is 0 Å². The number of thiophene rings is 1. The van der Waals surface area contributed by atoms with E-state index in [1.165, 1.54) is 11.3 Å². The second-order valence-electron chi connectivity index (χ2n) is 4.12. The van der Waals surface area contributed by atoms with Gasteiger partial charge in [-0.3, -0.25) is 4.79 Å². The fourth-order valence-electron chi connectivity index (χ4n) is 1.66. The number of carbonyl (C=O) groups excluding carboxylic acids is 1. The molecule has 0 aromatic carbocycles. The number of hydrogen-bond donors (Lipinski definition) is 1. The molecule has 1 heterocycles. The van der Waals surface area contributed by atoms with Crippen LogP contribution in [0.4, 0.5) is 0 Å². The van der Waals surface area contributed by atoms with Crippen molar-refractivity contribution in [3.63, 3.8) is 0 Å². The Morgan fingerprint density at radius 2 is 2.28 bits per heavy atom. The molecule has 0 aliphatic carbocycles. The predicted molar refractivity (Wildman–Crippen MR) is 74.7 cm³/mol. The minimum atomic E-state index is 0.0378. The van der Waals surface area contributed by atoms with Crippen LogP contribution in [0.15, 0.2) is 11.4 Å². The lowest BCUT2D eigenvalue weighted by Gasteiger charge is -2.24. The van der Waals surface area contributed by atoms with Crippen LogP contribution in [-0.4, -0.2) is 35.1 Å². The molecule has 98 valence electrons. The van der Waals surface area contributed by atoms with Gasteiger partial charge in [-0.25, -0.2) is 0 Å². The van der Waals surface area contributed by atoms with E-state index in [-0.39, 0.29) is 18.6 Å². The van der Waals surface area contributed by atoms with Gasteiger partial charge in [-0.1, -0.05) is 11.8 Å². The summed E-state index contributed by atoms with van der Waals surface area (Å²) in [4.78, 5) is 14.9. The molecule has 0 bridgehead atoms. The Morgan fingerprint density at radius 3 is 2.83 bits per heavy atom. The molecule has 0 spiro atoms. The summed E-state index contributed by atoms with van der Waals surface area (Å²) in [5.74, 6) is 5.84.